The van der Waals surface area contributed by atoms with Crippen molar-refractivity contribution in [2.24, 2.45) is 0 Å². The fourth-order valence-corrected chi connectivity index (χ4v) is 2.73. The minimum atomic E-state index is -0.479. The van der Waals surface area contributed by atoms with Crippen molar-refractivity contribution in [2.75, 3.05) is 26.3 Å². The summed E-state index contributed by atoms with van der Waals surface area (Å²) in [5.41, 5.74) is 2.19. The third kappa shape index (κ3) is 4.10. The first kappa shape index (κ1) is 16.9. The lowest BCUT2D eigenvalue weighted by Crippen LogP contribution is -2.35. The summed E-state index contributed by atoms with van der Waals surface area (Å²) >= 11 is 0. The summed E-state index contributed by atoms with van der Waals surface area (Å²) in [5, 5.41) is 10.7. The van der Waals surface area contributed by atoms with Gasteiger partial charge in [-0.15, -0.1) is 0 Å². The Kier molecular flexibility index (Phi) is 5.20. The number of nitrogens with zero attached hydrogens (tertiary/aromatic N) is 2. The monoisotopic (exact) mass is 338 g/mol. The van der Waals surface area contributed by atoms with Crippen LogP contribution in [0.2, 0.25) is 0 Å². The molecule has 6 heteroatoms. The fraction of sp³-hybridized carbons (Fsp3) is 0.211. The second-order valence-electron chi connectivity index (χ2n) is 5.66. The van der Waals surface area contributed by atoms with Gasteiger partial charge in [0, 0.05) is 42.6 Å². The molecule has 0 saturated carbocycles. The van der Waals surface area contributed by atoms with Crippen molar-refractivity contribution < 1.29 is 14.5 Å². The zero-order valence-electron chi connectivity index (χ0n) is 13.6. The molecular formula is C19H18N2O4. The van der Waals surface area contributed by atoms with Crippen LogP contribution < -0.4 is 0 Å². The van der Waals surface area contributed by atoms with Gasteiger partial charge in [0.2, 0.25) is 0 Å². The van der Waals surface area contributed by atoms with Crippen LogP contribution in [0.25, 0.3) is 5.70 Å². The topological polar surface area (TPSA) is 72.7 Å². The molecule has 6 nitrogen and oxygen atoms in total. The third-order valence-electron chi connectivity index (χ3n) is 4.05. The van der Waals surface area contributed by atoms with E-state index < -0.39 is 4.92 Å². The Hall–Kier alpha value is -2.99. The molecule has 0 bridgehead atoms. The number of rotatable bonds is 5. The average Bonchev–Trinajstić information content (AvgIpc) is 2.67. The maximum atomic E-state index is 12.6. The Morgan fingerprint density at radius 2 is 1.64 bits per heavy atom. The highest BCUT2D eigenvalue weighted by Crippen LogP contribution is 2.22. The minimum Gasteiger partial charge on any atom is -0.378 e. The molecule has 1 saturated heterocycles. The van der Waals surface area contributed by atoms with E-state index in [2.05, 4.69) is 4.90 Å². The van der Waals surface area contributed by atoms with Crippen LogP contribution in [-0.4, -0.2) is 41.9 Å². The van der Waals surface area contributed by atoms with Crippen LogP contribution in [-0.2, 0) is 4.74 Å². The van der Waals surface area contributed by atoms with E-state index in [9.17, 15) is 14.9 Å². The van der Waals surface area contributed by atoms with Crippen LogP contribution in [0.5, 0.6) is 0 Å². The number of carbonyl (C=O) groups is 1. The number of hydrogen-bond acceptors (Lipinski definition) is 5. The lowest BCUT2D eigenvalue weighted by Gasteiger charge is -2.31. The maximum Gasteiger partial charge on any atom is 0.269 e. The number of nitro groups is 1. The largest absolute Gasteiger partial charge is 0.378 e. The van der Waals surface area contributed by atoms with Crippen LogP contribution in [0.4, 0.5) is 5.69 Å². The van der Waals surface area contributed by atoms with E-state index in [1.807, 2.05) is 30.3 Å². The van der Waals surface area contributed by atoms with Gasteiger partial charge < -0.3 is 9.64 Å². The molecule has 0 radical (unpaired) electrons. The molecule has 128 valence electrons. The zero-order valence-corrected chi connectivity index (χ0v) is 13.6. The summed E-state index contributed by atoms with van der Waals surface area (Å²) < 4.78 is 5.39. The Balaban J connectivity index is 1.91. The van der Waals surface area contributed by atoms with Gasteiger partial charge in [-0.3, -0.25) is 14.9 Å². The van der Waals surface area contributed by atoms with Gasteiger partial charge in [0.15, 0.2) is 5.78 Å². The Morgan fingerprint density at radius 1 is 1.00 bits per heavy atom. The maximum absolute atomic E-state index is 12.6. The van der Waals surface area contributed by atoms with Crippen LogP contribution >= 0.6 is 0 Å². The number of morpholine rings is 1. The van der Waals surface area contributed by atoms with Gasteiger partial charge >= 0.3 is 0 Å². The molecule has 1 aliphatic heterocycles. The highest BCUT2D eigenvalue weighted by atomic mass is 16.6. The normalized spacial score (nSPS) is 15.0. The predicted octanol–water partition coefficient (Wildman–Crippen LogP) is 3.15. The standard InChI is InChI=1S/C19H18N2O4/c22-19(16-6-8-17(9-7-16)21(23)24)14-18(15-4-2-1-3-5-15)20-10-12-25-13-11-20/h1-9,14H,10-13H2. The van der Waals surface area contributed by atoms with Gasteiger partial charge in [-0.05, 0) is 17.7 Å². The van der Waals surface area contributed by atoms with E-state index in [4.69, 9.17) is 4.74 Å². The number of benzene rings is 2. The molecule has 0 unspecified atom stereocenters. The Labute approximate surface area is 145 Å². The predicted molar refractivity (Wildman–Crippen MR) is 94.2 cm³/mol. The number of ether oxygens (including phenoxy) is 1. The summed E-state index contributed by atoms with van der Waals surface area (Å²) in [6, 6.07) is 15.4. The van der Waals surface area contributed by atoms with E-state index >= 15 is 0 Å². The Morgan fingerprint density at radius 3 is 2.24 bits per heavy atom. The summed E-state index contributed by atoms with van der Waals surface area (Å²) in [6.07, 6.45) is 1.60. The third-order valence-corrected chi connectivity index (χ3v) is 4.05. The first-order valence-corrected chi connectivity index (χ1v) is 8.04. The number of nitro benzene ring substituents is 1. The number of hydrogen-bond donors (Lipinski definition) is 0. The van der Waals surface area contributed by atoms with Crippen molar-refractivity contribution in [3.05, 3.63) is 81.9 Å². The van der Waals surface area contributed by atoms with Crippen molar-refractivity contribution in [2.45, 2.75) is 0 Å². The number of carbonyl (C=O) groups excluding carboxylic acids is 1. The van der Waals surface area contributed by atoms with Crippen molar-refractivity contribution in [1.82, 2.24) is 4.90 Å². The van der Waals surface area contributed by atoms with Crippen LogP contribution in [0.3, 0.4) is 0 Å². The minimum absolute atomic E-state index is 0.0306. The lowest BCUT2D eigenvalue weighted by atomic mass is 10.0. The van der Waals surface area contributed by atoms with E-state index in [0.29, 0.717) is 31.9 Å². The van der Waals surface area contributed by atoms with Crippen molar-refractivity contribution >= 4 is 17.2 Å². The van der Waals surface area contributed by atoms with Crippen LogP contribution in [0, 0.1) is 10.1 Å². The van der Waals surface area contributed by atoms with Crippen molar-refractivity contribution in [3.8, 4) is 0 Å². The quantitative estimate of drug-likeness (QED) is 0.362. The molecule has 1 fully saturated rings. The molecule has 0 N–H and O–H groups in total. The van der Waals surface area contributed by atoms with Gasteiger partial charge in [-0.2, -0.15) is 0 Å². The lowest BCUT2D eigenvalue weighted by molar-refractivity contribution is -0.384. The fourth-order valence-electron chi connectivity index (χ4n) is 2.73. The molecular weight excluding hydrogens is 320 g/mol. The molecule has 2 aromatic rings. The second kappa shape index (κ2) is 7.72. The Bertz CT molecular complexity index is 779. The van der Waals surface area contributed by atoms with Crippen LogP contribution in [0.1, 0.15) is 15.9 Å². The van der Waals surface area contributed by atoms with Gasteiger partial charge in [-0.1, -0.05) is 30.3 Å². The van der Waals surface area contributed by atoms with Crippen molar-refractivity contribution in [1.29, 1.82) is 0 Å². The summed E-state index contributed by atoms with van der Waals surface area (Å²) in [4.78, 5) is 25.0. The molecule has 0 atom stereocenters. The molecule has 0 amide bonds. The number of ketones is 1. The second-order valence-corrected chi connectivity index (χ2v) is 5.66. The van der Waals surface area contributed by atoms with E-state index in [0.717, 1.165) is 11.3 Å². The highest BCUT2D eigenvalue weighted by Gasteiger charge is 2.17. The first-order valence-electron chi connectivity index (χ1n) is 8.04. The molecule has 1 heterocycles. The van der Waals surface area contributed by atoms with Gasteiger partial charge in [-0.25, -0.2) is 0 Å². The van der Waals surface area contributed by atoms with E-state index in [1.165, 1.54) is 24.3 Å². The molecule has 1 aliphatic rings. The molecule has 2 aromatic carbocycles. The molecule has 0 aliphatic carbocycles. The summed E-state index contributed by atoms with van der Waals surface area (Å²) in [6.45, 7) is 2.67. The SMILES string of the molecule is O=C(C=C(c1ccccc1)N1CCOCC1)c1ccc([N+](=O)[O-])cc1. The first-order chi connectivity index (χ1) is 12.1. The average molecular weight is 338 g/mol. The molecule has 0 aromatic heterocycles. The summed E-state index contributed by atoms with van der Waals surface area (Å²) in [5.74, 6) is -0.180. The van der Waals surface area contributed by atoms with Gasteiger partial charge in [0.25, 0.3) is 5.69 Å². The summed E-state index contributed by atoms with van der Waals surface area (Å²) in [7, 11) is 0. The smallest absolute Gasteiger partial charge is 0.269 e. The van der Waals surface area contributed by atoms with Crippen LogP contribution in [0.15, 0.2) is 60.7 Å². The van der Waals surface area contributed by atoms with E-state index in [1.54, 1.807) is 6.08 Å². The van der Waals surface area contributed by atoms with Gasteiger partial charge in [0.05, 0.1) is 18.1 Å². The zero-order chi connectivity index (χ0) is 17.6. The van der Waals surface area contributed by atoms with Crippen molar-refractivity contribution in [3.63, 3.8) is 0 Å². The number of non-ortho nitro benzene ring substituents is 1. The number of allylic oxidation sites excluding steroid dienone is 1. The van der Waals surface area contributed by atoms with Gasteiger partial charge in [0.1, 0.15) is 0 Å². The molecule has 0 spiro atoms. The molecule has 3 rings (SSSR count). The van der Waals surface area contributed by atoms with E-state index in [-0.39, 0.29) is 11.5 Å². The highest BCUT2D eigenvalue weighted by molar-refractivity contribution is 6.08. The molecule has 25 heavy (non-hydrogen) atoms.